The Morgan fingerprint density at radius 1 is 0.542 bits per heavy atom. The minimum absolute atomic E-state index is 0.797. The van der Waals surface area contributed by atoms with Crippen LogP contribution in [-0.4, -0.2) is 11.5 Å². The van der Waals surface area contributed by atoms with E-state index in [1.165, 1.54) is 87.6 Å². The summed E-state index contributed by atoms with van der Waals surface area (Å²) in [4.78, 5) is 4.42. The van der Waals surface area contributed by atoms with Crippen molar-refractivity contribution in [3.8, 4) is 22.3 Å². The lowest BCUT2D eigenvalue weighted by Gasteiger charge is -2.21. The summed E-state index contributed by atoms with van der Waals surface area (Å²) in [5.74, 6) is 0. The molecular formula is C46H34N2. The van der Waals surface area contributed by atoms with Crippen LogP contribution in [0.4, 0.5) is 0 Å². The minimum atomic E-state index is 0.797. The van der Waals surface area contributed by atoms with Crippen molar-refractivity contribution in [2.75, 3.05) is 6.54 Å². The van der Waals surface area contributed by atoms with Crippen molar-refractivity contribution in [2.45, 2.75) is 13.3 Å². The van der Waals surface area contributed by atoms with Crippen molar-refractivity contribution in [2.24, 2.45) is 0 Å². The monoisotopic (exact) mass is 614 g/mol. The fourth-order valence-electron chi connectivity index (χ4n) is 7.69. The predicted molar refractivity (Wildman–Crippen MR) is 205 cm³/mol. The number of dihydropyridines is 1. The molecule has 228 valence electrons. The summed E-state index contributed by atoms with van der Waals surface area (Å²) in [7, 11) is 0. The van der Waals surface area contributed by atoms with Crippen molar-refractivity contribution in [1.82, 2.24) is 10.3 Å². The number of fused-ring (bicyclic) bond motifs is 4. The van der Waals surface area contributed by atoms with Crippen molar-refractivity contribution in [3.63, 3.8) is 0 Å². The van der Waals surface area contributed by atoms with Gasteiger partial charge in [0.2, 0.25) is 0 Å². The number of hydrogen-bond donors (Lipinski definition) is 1. The molecule has 0 radical (unpaired) electrons. The van der Waals surface area contributed by atoms with E-state index in [0.29, 0.717) is 0 Å². The van der Waals surface area contributed by atoms with Gasteiger partial charge in [-0.2, -0.15) is 0 Å². The first-order valence-corrected chi connectivity index (χ1v) is 16.8. The zero-order chi connectivity index (χ0) is 32.0. The average Bonchev–Trinajstić information content (AvgIpc) is 3.16. The second-order valence-corrected chi connectivity index (χ2v) is 12.6. The largest absolute Gasteiger partial charge is 0.387 e. The zero-order valence-corrected chi connectivity index (χ0v) is 26.9. The van der Waals surface area contributed by atoms with Crippen molar-refractivity contribution in [1.29, 1.82) is 0 Å². The van der Waals surface area contributed by atoms with Gasteiger partial charge in [0.05, 0.1) is 0 Å². The summed E-state index contributed by atoms with van der Waals surface area (Å²) >= 11 is 0. The summed E-state index contributed by atoms with van der Waals surface area (Å²) < 4.78 is 0. The van der Waals surface area contributed by atoms with Crippen LogP contribution < -0.4 is 5.32 Å². The maximum Gasteiger partial charge on any atom is 0.0346 e. The van der Waals surface area contributed by atoms with Gasteiger partial charge in [0.1, 0.15) is 0 Å². The molecule has 1 N–H and O–H groups in total. The van der Waals surface area contributed by atoms with E-state index in [-0.39, 0.29) is 0 Å². The summed E-state index contributed by atoms with van der Waals surface area (Å²) in [5, 5.41) is 13.6. The Kier molecular flexibility index (Phi) is 6.87. The minimum Gasteiger partial charge on any atom is -0.387 e. The number of benzene rings is 7. The van der Waals surface area contributed by atoms with Crippen LogP contribution >= 0.6 is 0 Å². The molecule has 7 aromatic carbocycles. The standard InChI is InChI=1S/C46H34N2/c1-2-30-19-20-32-27-33(22-21-31(32)26-30)45-40-11-3-5-13-42(40)46(43-14-6-4-12-41(43)45)39-18-8-15-36-37(39)16-7-17-38(36)44-29-48-25-23-35(44)34-10-9-24-47-28-34/h3-24,26-29,48H,2,25H2,1H3. The number of rotatable bonds is 5. The van der Waals surface area contributed by atoms with Crippen LogP contribution in [0.25, 0.3) is 76.5 Å². The Bertz CT molecular complexity index is 2530. The van der Waals surface area contributed by atoms with E-state index < -0.39 is 0 Å². The van der Waals surface area contributed by atoms with E-state index in [4.69, 9.17) is 0 Å². The Morgan fingerprint density at radius 3 is 1.90 bits per heavy atom. The van der Waals surface area contributed by atoms with Crippen LogP contribution in [-0.2, 0) is 6.42 Å². The summed E-state index contributed by atoms with van der Waals surface area (Å²) in [6, 6.07) is 49.4. The van der Waals surface area contributed by atoms with E-state index in [2.05, 4.69) is 157 Å². The number of nitrogens with one attached hydrogen (secondary N) is 1. The van der Waals surface area contributed by atoms with Gasteiger partial charge in [0, 0.05) is 36.3 Å². The molecule has 0 aliphatic carbocycles. The van der Waals surface area contributed by atoms with Gasteiger partial charge in [-0.3, -0.25) is 4.98 Å². The van der Waals surface area contributed by atoms with Gasteiger partial charge < -0.3 is 5.32 Å². The van der Waals surface area contributed by atoms with Crippen molar-refractivity contribution in [3.05, 3.63) is 175 Å². The highest BCUT2D eigenvalue weighted by Gasteiger charge is 2.20. The van der Waals surface area contributed by atoms with Gasteiger partial charge in [-0.25, -0.2) is 0 Å². The molecular weight excluding hydrogens is 581 g/mol. The van der Waals surface area contributed by atoms with E-state index in [0.717, 1.165) is 18.5 Å². The fourth-order valence-corrected chi connectivity index (χ4v) is 7.69. The average molecular weight is 615 g/mol. The van der Waals surface area contributed by atoms with Gasteiger partial charge in [-0.1, -0.05) is 134 Å². The lowest BCUT2D eigenvalue weighted by molar-refractivity contribution is 0.980. The summed E-state index contributed by atoms with van der Waals surface area (Å²) in [5.41, 5.74) is 11.2. The maximum atomic E-state index is 4.42. The van der Waals surface area contributed by atoms with E-state index in [1.54, 1.807) is 0 Å². The molecule has 0 spiro atoms. The first kappa shape index (κ1) is 28.3. The van der Waals surface area contributed by atoms with Gasteiger partial charge in [-0.05, 0) is 101 Å². The molecule has 0 bridgehead atoms. The third-order valence-corrected chi connectivity index (χ3v) is 9.95. The van der Waals surface area contributed by atoms with Gasteiger partial charge >= 0.3 is 0 Å². The van der Waals surface area contributed by atoms with Crippen molar-refractivity contribution >= 4 is 54.2 Å². The molecule has 48 heavy (non-hydrogen) atoms. The summed E-state index contributed by atoms with van der Waals surface area (Å²) in [6.45, 7) is 3.01. The van der Waals surface area contributed by atoms with Crippen LogP contribution in [0, 0.1) is 0 Å². The Balaban J connectivity index is 1.29. The second-order valence-electron chi connectivity index (χ2n) is 12.6. The molecule has 2 nitrogen and oxygen atoms in total. The molecule has 0 amide bonds. The molecule has 9 rings (SSSR count). The predicted octanol–water partition coefficient (Wildman–Crippen LogP) is 11.6. The maximum absolute atomic E-state index is 4.42. The van der Waals surface area contributed by atoms with Crippen LogP contribution in [0.2, 0.25) is 0 Å². The first-order chi connectivity index (χ1) is 23.8. The molecule has 1 aliphatic rings. The van der Waals surface area contributed by atoms with Crippen LogP contribution in [0.15, 0.2) is 158 Å². The third kappa shape index (κ3) is 4.60. The highest BCUT2D eigenvalue weighted by molar-refractivity contribution is 6.24. The molecule has 0 saturated carbocycles. The smallest absolute Gasteiger partial charge is 0.0346 e. The molecule has 0 atom stereocenters. The lowest BCUT2D eigenvalue weighted by atomic mass is 9.83. The molecule has 2 heterocycles. The normalized spacial score (nSPS) is 13.1. The quantitative estimate of drug-likeness (QED) is 0.195. The topological polar surface area (TPSA) is 24.9 Å². The third-order valence-electron chi connectivity index (χ3n) is 9.95. The molecule has 2 heteroatoms. The number of aromatic nitrogens is 1. The molecule has 0 unspecified atom stereocenters. The Morgan fingerprint density at radius 2 is 1.19 bits per heavy atom. The molecule has 0 saturated heterocycles. The van der Waals surface area contributed by atoms with E-state index in [1.807, 2.05) is 18.5 Å². The van der Waals surface area contributed by atoms with Crippen LogP contribution in [0.1, 0.15) is 23.6 Å². The highest BCUT2D eigenvalue weighted by Crippen LogP contribution is 2.46. The molecule has 1 aliphatic heterocycles. The van der Waals surface area contributed by atoms with Crippen LogP contribution in [0.5, 0.6) is 0 Å². The van der Waals surface area contributed by atoms with Crippen molar-refractivity contribution < 1.29 is 0 Å². The lowest BCUT2D eigenvalue weighted by Crippen LogP contribution is -2.12. The fraction of sp³-hybridized carbons (Fsp3) is 0.0652. The Labute approximate surface area is 280 Å². The van der Waals surface area contributed by atoms with E-state index >= 15 is 0 Å². The summed E-state index contributed by atoms with van der Waals surface area (Å²) in [6.07, 6.45) is 9.27. The van der Waals surface area contributed by atoms with Gasteiger partial charge in [0.15, 0.2) is 0 Å². The highest BCUT2D eigenvalue weighted by atomic mass is 14.8. The molecule has 0 fully saturated rings. The Hall–Kier alpha value is -5.99. The second kappa shape index (κ2) is 11.7. The van der Waals surface area contributed by atoms with Gasteiger partial charge in [-0.15, -0.1) is 0 Å². The molecule has 1 aromatic heterocycles. The van der Waals surface area contributed by atoms with Crippen LogP contribution in [0.3, 0.4) is 0 Å². The number of allylic oxidation sites excluding steroid dienone is 2. The van der Waals surface area contributed by atoms with E-state index in [9.17, 15) is 0 Å². The van der Waals surface area contributed by atoms with Gasteiger partial charge in [0.25, 0.3) is 0 Å². The number of pyridine rings is 1. The number of nitrogens with zero attached hydrogens (tertiary/aromatic N) is 1. The number of aryl methyl sites for hydroxylation is 1. The molecule has 8 aromatic rings. The first-order valence-electron chi connectivity index (χ1n) is 16.8. The zero-order valence-electron chi connectivity index (χ0n) is 26.9. The SMILES string of the molecule is CCc1ccc2cc(-c3c4ccccc4c(-c4cccc5c(C6=CNCC=C6c6cccnc6)cccc45)c4ccccc34)ccc2c1. The number of hydrogen-bond acceptors (Lipinski definition) is 2.